The highest BCUT2D eigenvalue weighted by Crippen LogP contribution is 2.38. The summed E-state index contributed by atoms with van der Waals surface area (Å²) in [5.74, 6) is 1.03. The Morgan fingerprint density at radius 1 is 1.36 bits per heavy atom. The molecule has 2 aromatic carbocycles. The molecule has 0 radical (unpaired) electrons. The summed E-state index contributed by atoms with van der Waals surface area (Å²) in [7, 11) is 1.58. The summed E-state index contributed by atoms with van der Waals surface area (Å²) in [5.41, 5.74) is 2.40. The standard InChI is InChI=1S/C20H18BrClN2O3S/c1-4-27-16-9-12(8-13(21)18(16)26-3)10-17-19(25)24-20(28-17)23-15-7-5-6-14(22)11(15)2/h5-10H,4H2,1-3H3,(H,23,24,25). The van der Waals surface area contributed by atoms with Crippen LogP contribution < -0.4 is 14.8 Å². The topological polar surface area (TPSA) is 59.9 Å². The van der Waals surface area contributed by atoms with Gasteiger partial charge in [-0.05, 0) is 83.0 Å². The molecule has 1 heterocycles. The molecule has 1 fully saturated rings. The number of aliphatic imine (C=N–C) groups is 1. The zero-order valence-corrected chi connectivity index (χ0v) is 18.7. The Hall–Kier alpha value is -1.96. The van der Waals surface area contributed by atoms with Gasteiger partial charge in [0, 0.05) is 5.02 Å². The van der Waals surface area contributed by atoms with E-state index in [2.05, 4.69) is 26.2 Å². The van der Waals surface area contributed by atoms with Crippen LogP contribution in [0.1, 0.15) is 18.1 Å². The van der Waals surface area contributed by atoms with E-state index in [-0.39, 0.29) is 5.91 Å². The summed E-state index contributed by atoms with van der Waals surface area (Å²) in [6, 6.07) is 9.21. The zero-order valence-electron chi connectivity index (χ0n) is 15.5. The van der Waals surface area contributed by atoms with Crippen LogP contribution in [0.4, 0.5) is 5.69 Å². The minimum absolute atomic E-state index is 0.201. The summed E-state index contributed by atoms with van der Waals surface area (Å²) in [6.07, 6.45) is 1.79. The highest BCUT2D eigenvalue weighted by molar-refractivity contribution is 9.10. The van der Waals surface area contributed by atoms with Crippen LogP contribution in [0.15, 0.2) is 44.7 Å². The lowest BCUT2D eigenvalue weighted by atomic mass is 10.2. The first-order chi connectivity index (χ1) is 13.4. The summed E-state index contributed by atoms with van der Waals surface area (Å²) in [5, 5.41) is 3.94. The second kappa shape index (κ2) is 9.03. The average molecular weight is 482 g/mol. The number of ether oxygens (including phenoxy) is 2. The fourth-order valence-electron chi connectivity index (χ4n) is 2.59. The quantitative estimate of drug-likeness (QED) is 0.556. The molecule has 1 N–H and O–H groups in total. The molecule has 0 aromatic heterocycles. The molecule has 146 valence electrons. The minimum Gasteiger partial charge on any atom is -0.492 e. The van der Waals surface area contributed by atoms with Gasteiger partial charge >= 0.3 is 0 Å². The predicted octanol–water partition coefficient (Wildman–Crippen LogP) is 5.71. The van der Waals surface area contributed by atoms with Gasteiger partial charge in [-0.25, -0.2) is 4.99 Å². The van der Waals surface area contributed by atoms with Crippen molar-refractivity contribution in [3.8, 4) is 11.5 Å². The molecule has 1 amide bonds. The van der Waals surface area contributed by atoms with Crippen LogP contribution in [0.3, 0.4) is 0 Å². The van der Waals surface area contributed by atoms with Crippen molar-refractivity contribution < 1.29 is 14.3 Å². The van der Waals surface area contributed by atoms with Gasteiger partial charge in [0.15, 0.2) is 16.7 Å². The number of benzene rings is 2. The van der Waals surface area contributed by atoms with Gasteiger partial charge in [0.1, 0.15) is 0 Å². The van der Waals surface area contributed by atoms with Crippen molar-refractivity contribution in [1.29, 1.82) is 0 Å². The fraction of sp³-hybridized carbons (Fsp3) is 0.200. The van der Waals surface area contributed by atoms with E-state index >= 15 is 0 Å². The van der Waals surface area contributed by atoms with Gasteiger partial charge in [-0.3, -0.25) is 4.79 Å². The molecule has 0 saturated carbocycles. The maximum absolute atomic E-state index is 12.4. The molecule has 1 aliphatic rings. The molecule has 0 aliphatic carbocycles. The molecular formula is C20H18BrClN2O3S. The van der Waals surface area contributed by atoms with Gasteiger partial charge in [0.25, 0.3) is 5.91 Å². The fourth-order valence-corrected chi connectivity index (χ4v) is 4.22. The van der Waals surface area contributed by atoms with Crippen molar-refractivity contribution in [2.75, 3.05) is 13.7 Å². The Labute approximate surface area is 181 Å². The number of nitrogens with one attached hydrogen (secondary N) is 1. The number of thioether (sulfide) groups is 1. The monoisotopic (exact) mass is 480 g/mol. The van der Waals surface area contributed by atoms with Crippen LogP contribution >= 0.6 is 39.3 Å². The number of hydrogen-bond acceptors (Lipinski definition) is 5. The van der Waals surface area contributed by atoms with Gasteiger partial charge in [-0.2, -0.15) is 0 Å². The van der Waals surface area contributed by atoms with Crippen molar-refractivity contribution in [2.45, 2.75) is 13.8 Å². The third kappa shape index (κ3) is 4.54. The molecular weight excluding hydrogens is 464 g/mol. The zero-order chi connectivity index (χ0) is 20.3. The van der Waals surface area contributed by atoms with E-state index in [0.29, 0.717) is 33.2 Å². The molecule has 28 heavy (non-hydrogen) atoms. The molecule has 0 unspecified atom stereocenters. The number of nitrogens with zero attached hydrogens (tertiary/aromatic N) is 1. The van der Waals surface area contributed by atoms with E-state index in [1.807, 2.05) is 44.2 Å². The number of carbonyl (C=O) groups excluding carboxylic acids is 1. The van der Waals surface area contributed by atoms with Crippen LogP contribution in [-0.4, -0.2) is 24.8 Å². The molecule has 3 rings (SSSR count). The third-order valence-electron chi connectivity index (χ3n) is 3.95. The normalized spacial score (nSPS) is 16.5. The molecule has 2 aromatic rings. The Kier molecular flexibility index (Phi) is 6.69. The van der Waals surface area contributed by atoms with Crippen molar-refractivity contribution >= 4 is 62.1 Å². The van der Waals surface area contributed by atoms with Crippen LogP contribution in [0.5, 0.6) is 11.5 Å². The Morgan fingerprint density at radius 2 is 2.14 bits per heavy atom. The van der Waals surface area contributed by atoms with Crippen LogP contribution in [-0.2, 0) is 4.79 Å². The molecule has 1 aliphatic heterocycles. The van der Waals surface area contributed by atoms with Gasteiger partial charge in [-0.1, -0.05) is 17.7 Å². The minimum atomic E-state index is -0.201. The van der Waals surface area contributed by atoms with E-state index in [4.69, 9.17) is 21.1 Å². The number of rotatable bonds is 5. The Balaban J connectivity index is 1.91. The second-order valence-electron chi connectivity index (χ2n) is 5.83. The number of amidine groups is 1. The van der Waals surface area contributed by atoms with Crippen molar-refractivity contribution in [3.63, 3.8) is 0 Å². The van der Waals surface area contributed by atoms with Gasteiger partial charge in [0.2, 0.25) is 0 Å². The number of halogens is 2. The Bertz CT molecular complexity index is 992. The lowest BCUT2D eigenvalue weighted by Gasteiger charge is -2.12. The molecule has 0 bridgehead atoms. The number of carbonyl (C=O) groups is 1. The number of hydrogen-bond donors (Lipinski definition) is 1. The van der Waals surface area contributed by atoms with E-state index < -0.39 is 0 Å². The van der Waals surface area contributed by atoms with Gasteiger partial charge < -0.3 is 14.8 Å². The van der Waals surface area contributed by atoms with E-state index in [0.717, 1.165) is 21.3 Å². The van der Waals surface area contributed by atoms with Crippen LogP contribution in [0, 0.1) is 6.92 Å². The summed E-state index contributed by atoms with van der Waals surface area (Å²) in [4.78, 5) is 17.4. The van der Waals surface area contributed by atoms with Crippen molar-refractivity contribution in [1.82, 2.24) is 5.32 Å². The Morgan fingerprint density at radius 3 is 2.86 bits per heavy atom. The van der Waals surface area contributed by atoms with E-state index in [1.54, 1.807) is 13.2 Å². The first-order valence-electron chi connectivity index (χ1n) is 8.48. The predicted molar refractivity (Wildman–Crippen MR) is 119 cm³/mol. The average Bonchev–Trinajstić information content (AvgIpc) is 2.98. The lowest BCUT2D eigenvalue weighted by Crippen LogP contribution is -2.19. The largest absolute Gasteiger partial charge is 0.492 e. The maximum atomic E-state index is 12.4. The molecule has 0 atom stereocenters. The smallest absolute Gasteiger partial charge is 0.264 e. The summed E-state index contributed by atoms with van der Waals surface area (Å²) in [6.45, 7) is 4.30. The summed E-state index contributed by atoms with van der Waals surface area (Å²) >= 11 is 10.9. The first-order valence-corrected chi connectivity index (χ1v) is 10.5. The highest BCUT2D eigenvalue weighted by atomic mass is 79.9. The number of amides is 1. The molecule has 1 saturated heterocycles. The maximum Gasteiger partial charge on any atom is 0.264 e. The summed E-state index contributed by atoms with van der Waals surface area (Å²) < 4.78 is 11.8. The SMILES string of the molecule is CCOc1cc(C=C2SC(=Nc3cccc(Cl)c3C)NC2=O)cc(Br)c1OC. The van der Waals surface area contributed by atoms with Crippen LogP contribution in [0.2, 0.25) is 5.02 Å². The molecule has 5 nitrogen and oxygen atoms in total. The molecule has 0 spiro atoms. The van der Waals surface area contributed by atoms with E-state index in [9.17, 15) is 4.79 Å². The van der Waals surface area contributed by atoms with Crippen molar-refractivity contribution in [2.24, 2.45) is 4.99 Å². The number of methoxy groups -OCH3 is 1. The molecule has 8 heteroatoms. The lowest BCUT2D eigenvalue weighted by molar-refractivity contribution is -0.115. The highest BCUT2D eigenvalue weighted by Gasteiger charge is 2.24. The van der Waals surface area contributed by atoms with Crippen molar-refractivity contribution in [3.05, 3.63) is 55.9 Å². The third-order valence-corrected chi connectivity index (χ3v) is 5.85. The van der Waals surface area contributed by atoms with E-state index in [1.165, 1.54) is 11.8 Å². The van der Waals surface area contributed by atoms with Gasteiger partial charge in [-0.15, -0.1) is 0 Å². The van der Waals surface area contributed by atoms with Crippen LogP contribution in [0.25, 0.3) is 6.08 Å². The van der Waals surface area contributed by atoms with Gasteiger partial charge in [0.05, 0.1) is 28.8 Å². The first kappa shape index (κ1) is 20.8. The second-order valence-corrected chi connectivity index (χ2v) is 8.13.